The van der Waals surface area contributed by atoms with Crippen LogP contribution in [0, 0.1) is 0 Å². The van der Waals surface area contributed by atoms with Gasteiger partial charge in [-0.15, -0.1) is 10.2 Å². The van der Waals surface area contributed by atoms with Crippen molar-refractivity contribution in [3.63, 3.8) is 0 Å². The fraction of sp³-hybridized carbons (Fsp3) is 0.292. The van der Waals surface area contributed by atoms with Crippen LogP contribution >= 0.6 is 11.6 Å². The highest BCUT2D eigenvalue weighted by molar-refractivity contribution is 6.38. The average molecular weight is 435 g/mol. The molecule has 0 saturated heterocycles. The Balaban J connectivity index is 1.75. The van der Waals surface area contributed by atoms with E-state index in [1.165, 1.54) is 0 Å². The summed E-state index contributed by atoms with van der Waals surface area (Å²) in [5.41, 5.74) is 4.18. The Labute approximate surface area is 188 Å². The van der Waals surface area contributed by atoms with E-state index >= 15 is 0 Å². The summed E-state index contributed by atoms with van der Waals surface area (Å²) >= 11 is 6.92. The maximum atomic E-state index is 6.92. The minimum atomic E-state index is 0.585. The van der Waals surface area contributed by atoms with Crippen LogP contribution in [-0.4, -0.2) is 70.6 Å². The number of hydrogen-bond acceptors (Lipinski definition) is 5. The molecule has 0 aliphatic carbocycles. The zero-order valence-electron chi connectivity index (χ0n) is 18.2. The molecule has 0 N–H and O–H groups in total. The van der Waals surface area contributed by atoms with E-state index in [2.05, 4.69) is 41.1 Å². The summed E-state index contributed by atoms with van der Waals surface area (Å²) in [5, 5.41) is 15.4. The standard InChI is InChI=1S/C24H27ClN6/c1-29(2)14-15-30(3)16-17-31-24-20(22(28-31)18-10-6-4-7-11-18)21(25)23(26-27-24)19-12-8-5-9-13-19/h4-13H,14-17H2,1-3H3. The van der Waals surface area contributed by atoms with Crippen molar-refractivity contribution in [1.82, 2.24) is 29.8 Å². The van der Waals surface area contributed by atoms with Crippen molar-refractivity contribution in [3.8, 4) is 22.5 Å². The summed E-state index contributed by atoms with van der Waals surface area (Å²) in [6.45, 7) is 3.57. The summed E-state index contributed by atoms with van der Waals surface area (Å²) in [7, 11) is 6.30. The second kappa shape index (κ2) is 9.56. The van der Waals surface area contributed by atoms with Gasteiger partial charge in [0.1, 0.15) is 11.4 Å². The first-order valence-electron chi connectivity index (χ1n) is 10.4. The molecular weight excluding hydrogens is 408 g/mol. The topological polar surface area (TPSA) is 50.1 Å². The molecule has 0 unspecified atom stereocenters. The molecule has 0 atom stereocenters. The lowest BCUT2D eigenvalue weighted by Crippen LogP contribution is -2.31. The van der Waals surface area contributed by atoms with Crippen LogP contribution in [0.5, 0.6) is 0 Å². The summed E-state index contributed by atoms with van der Waals surface area (Å²) in [5.74, 6) is 0. The van der Waals surface area contributed by atoms with Gasteiger partial charge >= 0.3 is 0 Å². The number of hydrogen-bond donors (Lipinski definition) is 0. The Kier molecular flexibility index (Phi) is 6.61. The van der Waals surface area contributed by atoms with Crippen LogP contribution in [0.4, 0.5) is 0 Å². The van der Waals surface area contributed by atoms with Crippen molar-refractivity contribution in [2.24, 2.45) is 0 Å². The Bertz CT molecular complexity index is 1140. The molecule has 0 bridgehead atoms. The first-order valence-corrected chi connectivity index (χ1v) is 10.8. The first-order chi connectivity index (χ1) is 15.0. The highest BCUT2D eigenvalue weighted by Crippen LogP contribution is 2.37. The third-order valence-electron chi connectivity index (χ3n) is 5.31. The third-order valence-corrected chi connectivity index (χ3v) is 5.68. The molecule has 160 valence electrons. The molecule has 0 spiro atoms. The van der Waals surface area contributed by atoms with Crippen LogP contribution in [0.25, 0.3) is 33.5 Å². The van der Waals surface area contributed by atoms with Crippen molar-refractivity contribution < 1.29 is 0 Å². The van der Waals surface area contributed by atoms with Gasteiger partial charge in [0.15, 0.2) is 5.65 Å². The van der Waals surface area contributed by atoms with Gasteiger partial charge in [-0.1, -0.05) is 72.3 Å². The number of rotatable bonds is 8. The van der Waals surface area contributed by atoms with Gasteiger partial charge < -0.3 is 9.80 Å². The van der Waals surface area contributed by atoms with Gasteiger partial charge in [-0.25, -0.2) is 4.68 Å². The quantitative estimate of drug-likeness (QED) is 0.413. The number of aromatic nitrogens is 4. The van der Waals surface area contributed by atoms with Crippen LogP contribution < -0.4 is 0 Å². The summed E-state index contributed by atoms with van der Waals surface area (Å²) < 4.78 is 1.93. The first kappa shape index (κ1) is 21.4. The van der Waals surface area contributed by atoms with E-state index in [0.29, 0.717) is 22.9 Å². The predicted molar refractivity (Wildman–Crippen MR) is 127 cm³/mol. The second-order valence-electron chi connectivity index (χ2n) is 7.97. The number of halogens is 1. The van der Waals surface area contributed by atoms with Crippen molar-refractivity contribution >= 4 is 22.6 Å². The van der Waals surface area contributed by atoms with Crippen LogP contribution in [0.15, 0.2) is 60.7 Å². The van der Waals surface area contributed by atoms with E-state index in [4.69, 9.17) is 16.7 Å². The predicted octanol–water partition coefficient (Wildman–Crippen LogP) is 4.31. The molecule has 2 aromatic carbocycles. The molecule has 0 saturated carbocycles. The van der Waals surface area contributed by atoms with E-state index in [1.807, 2.05) is 65.3 Å². The monoisotopic (exact) mass is 434 g/mol. The maximum absolute atomic E-state index is 6.92. The van der Waals surface area contributed by atoms with Gasteiger partial charge in [-0.3, -0.25) is 0 Å². The average Bonchev–Trinajstić information content (AvgIpc) is 3.17. The summed E-state index contributed by atoms with van der Waals surface area (Å²) in [6.07, 6.45) is 0. The van der Waals surface area contributed by atoms with Crippen molar-refractivity contribution in [1.29, 1.82) is 0 Å². The minimum Gasteiger partial charge on any atom is -0.308 e. The SMILES string of the molecule is CN(C)CCN(C)CCn1nc(-c2ccccc2)c2c(Cl)c(-c3ccccc3)nnc21. The van der Waals surface area contributed by atoms with E-state index in [0.717, 1.165) is 41.8 Å². The van der Waals surface area contributed by atoms with Crippen molar-refractivity contribution in [2.45, 2.75) is 6.54 Å². The van der Waals surface area contributed by atoms with Gasteiger partial charge in [0.05, 0.1) is 17.0 Å². The van der Waals surface area contributed by atoms with Crippen molar-refractivity contribution in [3.05, 3.63) is 65.7 Å². The number of fused-ring (bicyclic) bond motifs is 1. The van der Waals surface area contributed by atoms with E-state index < -0.39 is 0 Å². The van der Waals surface area contributed by atoms with Gasteiger partial charge in [0.2, 0.25) is 0 Å². The highest BCUT2D eigenvalue weighted by Gasteiger charge is 2.21. The molecule has 2 aromatic heterocycles. The third kappa shape index (κ3) is 4.77. The highest BCUT2D eigenvalue weighted by atomic mass is 35.5. The van der Waals surface area contributed by atoms with E-state index in [1.54, 1.807) is 0 Å². The van der Waals surface area contributed by atoms with Gasteiger partial charge in [0, 0.05) is 30.8 Å². The van der Waals surface area contributed by atoms with Crippen LogP contribution in [-0.2, 0) is 6.54 Å². The Morgan fingerprint density at radius 2 is 1.39 bits per heavy atom. The molecule has 4 rings (SSSR count). The lowest BCUT2D eigenvalue weighted by molar-refractivity contribution is 0.271. The lowest BCUT2D eigenvalue weighted by atomic mass is 10.1. The molecular formula is C24H27ClN6. The molecule has 0 radical (unpaired) electrons. The van der Waals surface area contributed by atoms with Crippen LogP contribution in [0.3, 0.4) is 0 Å². The Morgan fingerprint density at radius 3 is 2.00 bits per heavy atom. The maximum Gasteiger partial charge on any atom is 0.182 e. The van der Waals surface area contributed by atoms with E-state index in [9.17, 15) is 0 Å². The van der Waals surface area contributed by atoms with Crippen LogP contribution in [0.1, 0.15) is 0 Å². The lowest BCUT2D eigenvalue weighted by Gasteiger charge is -2.19. The largest absolute Gasteiger partial charge is 0.308 e. The molecule has 7 heteroatoms. The minimum absolute atomic E-state index is 0.585. The smallest absolute Gasteiger partial charge is 0.182 e. The molecule has 31 heavy (non-hydrogen) atoms. The fourth-order valence-corrected chi connectivity index (χ4v) is 3.82. The molecule has 0 amide bonds. The number of nitrogens with zero attached hydrogens (tertiary/aromatic N) is 6. The molecule has 0 aliphatic rings. The zero-order chi connectivity index (χ0) is 21.8. The zero-order valence-corrected chi connectivity index (χ0v) is 18.9. The number of benzene rings is 2. The summed E-state index contributed by atoms with van der Waals surface area (Å²) in [4.78, 5) is 4.48. The number of likely N-dealkylation sites (N-methyl/N-ethyl adjacent to an activating group) is 2. The molecule has 6 nitrogen and oxygen atoms in total. The normalized spacial score (nSPS) is 11.7. The van der Waals surface area contributed by atoms with Gasteiger partial charge in [0.25, 0.3) is 0 Å². The van der Waals surface area contributed by atoms with Crippen LogP contribution in [0.2, 0.25) is 5.02 Å². The molecule has 0 aliphatic heterocycles. The summed E-state index contributed by atoms with van der Waals surface area (Å²) in [6, 6.07) is 20.0. The fourth-order valence-electron chi connectivity index (χ4n) is 3.50. The molecule has 4 aromatic rings. The van der Waals surface area contributed by atoms with Gasteiger partial charge in [-0.2, -0.15) is 5.10 Å². The molecule has 2 heterocycles. The molecule has 0 fully saturated rings. The Morgan fingerprint density at radius 1 is 0.774 bits per heavy atom. The van der Waals surface area contributed by atoms with E-state index in [-0.39, 0.29) is 0 Å². The second-order valence-corrected chi connectivity index (χ2v) is 8.35. The van der Waals surface area contributed by atoms with Gasteiger partial charge in [-0.05, 0) is 21.1 Å². The Hall–Kier alpha value is -2.80. The van der Waals surface area contributed by atoms with Crippen molar-refractivity contribution in [2.75, 3.05) is 40.8 Å².